The minimum Gasteiger partial charge on any atom is -0.341 e. The van der Waals surface area contributed by atoms with Gasteiger partial charge in [-0.3, -0.25) is 0 Å². The summed E-state index contributed by atoms with van der Waals surface area (Å²) in [5.74, 6) is 0.951. The van der Waals surface area contributed by atoms with Gasteiger partial charge >= 0.3 is 0 Å². The highest BCUT2D eigenvalue weighted by atomic mass is 32.1. The predicted octanol–water partition coefficient (Wildman–Crippen LogP) is 3.03. The predicted molar refractivity (Wildman–Crippen MR) is 68.5 cm³/mol. The first-order valence-electron chi connectivity index (χ1n) is 5.36. The number of aromatic amines is 1. The van der Waals surface area contributed by atoms with Crippen LogP contribution >= 0.6 is 11.3 Å². The molecule has 2 N–H and O–H groups in total. The number of rotatable bonds is 3. The van der Waals surface area contributed by atoms with Gasteiger partial charge in [0, 0.05) is 34.9 Å². The summed E-state index contributed by atoms with van der Waals surface area (Å²) < 4.78 is 0. The molecule has 2 heterocycles. The van der Waals surface area contributed by atoms with Crippen LogP contribution in [0, 0.1) is 0 Å². The molecule has 2 aromatic rings. The first-order valence-corrected chi connectivity index (χ1v) is 6.30. The van der Waals surface area contributed by atoms with Gasteiger partial charge in [-0.05, 0) is 32.2 Å². The average molecular weight is 235 g/mol. The van der Waals surface area contributed by atoms with Crippen LogP contribution in [0.15, 0.2) is 23.0 Å². The summed E-state index contributed by atoms with van der Waals surface area (Å²) in [7, 11) is 0. The van der Waals surface area contributed by atoms with Crippen LogP contribution < -0.4 is 5.32 Å². The molecule has 16 heavy (non-hydrogen) atoms. The van der Waals surface area contributed by atoms with E-state index in [1.165, 1.54) is 0 Å². The normalized spacial score (nSPS) is 11.9. The van der Waals surface area contributed by atoms with Gasteiger partial charge in [0.15, 0.2) is 0 Å². The Morgan fingerprint density at radius 3 is 2.88 bits per heavy atom. The Labute approximate surface area is 99.9 Å². The van der Waals surface area contributed by atoms with Crippen LogP contribution in [0.4, 0.5) is 0 Å². The van der Waals surface area contributed by atoms with Gasteiger partial charge in [0.25, 0.3) is 0 Å². The zero-order valence-corrected chi connectivity index (χ0v) is 10.7. The largest absolute Gasteiger partial charge is 0.341 e. The third kappa shape index (κ3) is 2.93. The van der Waals surface area contributed by atoms with Crippen molar-refractivity contribution >= 4 is 11.3 Å². The van der Waals surface area contributed by atoms with E-state index in [0.29, 0.717) is 0 Å². The molecule has 2 rings (SSSR count). The molecule has 0 saturated heterocycles. The summed E-state index contributed by atoms with van der Waals surface area (Å²) in [5.41, 5.74) is 2.41. The van der Waals surface area contributed by atoms with Gasteiger partial charge < -0.3 is 10.3 Å². The summed E-state index contributed by atoms with van der Waals surface area (Å²) in [5, 5.41) is 7.59. The van der Waals surface area contributed by atoms with Crippen molar-refractivity contribution in [1.82, 2.24) is 15.3 Å². The van der Waals surface area contributed by atoms with Crippen molar-refractivity contribution in [2.75, 3.05) is 0 Å². The molecule has 0 atom stereocenters. The highest BCUT2D eigenvalue weighted by Crippen LogP contribution is 2.18. The van der Waals surface area contributed by atoms with E-state index in [1.54, 1.807) is 11.3 Å². The molecule has 0 aromatic carbocycles. The van der Waals surface area contributed by atoms with E-state index in [2.05, 4.69) is 52.9 Å². The second-order valence-corrected chi connectivity index (χ2v) is 5.65. The molecule has 0 aliphatic rings. The maximum atomic E-state index is 4.37. The number of aromatic nitrogens is 2. The Balaban J connectivity index is 2.03. The molecular formula is C12H17N3S. The fourth-order valence-electron chi connectivity index (χ4n) is 1.36. The number of imidazole rings is 1. The number of hydrogen-bond donors (Lipinski definition) is 2. The van der Waals surface area contributed by atoms with Gasteiger partial charge in [0.2, 0.25) is 0 Å². The quantitative estimate of drug-likeness (QED) is 0.858. The number of H-pyrrole nitrogens is 1. The van der Waals surface area contributed by atoms with E-state index >= 15 is 0 Å². The van der Waals surface area contributed by atoms with Crippen molar-refractivity contribution in [1.29, 1.82) is 0 Å². The fourth-order valence-corrected chi connectivity index (χ4v) is 2.00. The molecule has 0 aliphatic heterocycles. The Morgan fingerprint density at radius 1 is 1.44 bits per heavy atom. The van der Waals surface area contributed by atoms with Crippen LogP contribution in [-0.2, 0) is 6.54 Å². The summed E-state index contributed by atoms with van der Waals surface area (Å²) in [6.45, 7) is 7.29. The van der Waals surface area contributed by atoms with Crippen LogP contribution in [-0.4, -0.2) is 15.5 Å². The van der Waals surface area contributed by atoms with Crippen molar-refractivity contribution in [2.24, 2.45) is 0 Å². The highest BCUT2D eigenvalue weighted by Gasteiger charge is 2.10. The van der Waals surface area contributed by atoms with E-state index in [1.807, 2.05) is 6.20 Å². The molecule has 0 radical (unpaired) electrons. The molecule has 0 saturated carbocycles. The summed E-state index contributed by atoms with van der Waals surface area (Å²) in [4.78, 5) is 7.69. The third-order valence-corrected chi connectivity index (χ3v) is 2.92. The van der Waals surface area contributed by atoms with Crippen LogP contribution in [0.25, 0.3) is 11.4 Å². The number of nitrogens with zero attached hydrogens (tertiary/aromatic N) is 1. The average Bonchev–Trinajstić information content (AvgIpc) is 2.84. The third-order valence-electron chi connectivity index (χ3n) is 2.23. The molecule has 0 bridgehead atoms. The van der Waals surface area contributed by atoms with Crippen molar-refractivity contribution < 1.29 is 0 Å². The van der Waals surface area contributed by atoms with Crippen molar-refractivity contribution in [3.05, 3.63) is 28.7 Å². The first-order chi connectivity index (χ1) is 7.54. The van der Waals surface area contributed by atoms with E-state index in [0.717, 1.165) is 23.6 Å². The van der Waals surface area contributed by atoms with Gasteiger partial charge in [-0.15, -0.1) is 0 Å². The van der Waals surface area contributed by atoms with Gasteiger partial charge in [-0.25, -0.2) is 4.98 Å². The fraction of sp³-hybridized carbons (Fsp3) is 0.417. The van der Waals surface area contributed by atoms with E-state index < -0.39 is 0 Å². The molecule has 4 heteroatoms. The first kappa shape index (κ1) is 11.4. The van der Waals surface area contributed by atoms with Gasteiger partial charge in [0.05, 0.1) is 0 Å². The molecule has 0 amide bonds. The van der Waals surface area contributed by atoms with E-state index in [-0.39, 0.29) is 5.54 Å². The molecule has 0 spiro atoms. The lowest BCUT2D eigenvalue weighted by molar-refractivity contribution is 0.422. The second kappa shape index (κ2) is 4.39. The summed E-state index contributed by atoms with van der Waals surface area (Å²) in [6.07, 6.45) is 1.89. The van der Waals surface area contributed by atoms with Crippen LogP contribution in [0.5, 0.6) is 0 Å². The lowest BCUT2D eigenvalue weighted by Gasteiger charge is -2.19. The molecular weight excluding hydrogens is 218 g/mol. The van der Waals surface area contributed by atoms with Crippen molar-refractivity contribution in [3.8, 4) is 11.4 Å². The molecule has 0 unspecified atom stereocenters. The highest BCUT2D eigenvalue weighted by molar-refractivity contribution is 7.08. The topological polar surface area (TPSA) is 40.7 Å². The van der Waals surface area contributed by atoms with Crippen molar-refractivity contribution in [3.63, 3.8) is 0 Å². The number of nitrogens with one attached hydrogen (secondary N) is 2. The minimum atomic E-state index is 0.133. The molecule has 0 aliphatic carbocycles. The Bertz CT molecular complexity index is 437. The Hall–Kier alpha value is -1.13. The van der Waals surface area contributed by atoms with E-state index in [9.17, 15) is 0 Å². The Kier molecular flexibility index (Phi) is 3.12. The maximum absolute atomic E-state index is 4.37. The Morgan fingerprint density at radius 2 is 2.25 bits per heavy atom. The zero-order chi connectivity index (χ0) is 11.6. The lowest BCUT2D eigenvalue weighted by Crippen LogP contribution is -2.35. The minimum absolute atomic E-state index is 0.133. The van der Waals surface area contributed by atoms with Crippen LogP contribution in [0.2, 0.25) is 0 Å². The smallest absolute Gasteiger partial charge is 0.138 e. The number of thiophene rings is 1. The van der Waals surface area contributed by atoms with Gasteiger partial charge in [0.1, 0.15) is 5.82 Å². The van der Waals surface area contributed by atoms with Gasteiger partial charge in [-0.2, -0.15) is 11.3 Å². The summed E-state index contributed by atoms with van der Waals surface area (Å²) in [6, 6.07) is 2.07. The molecule has 3 nitrogen and oxygen atoms in total. The number of hydrogen-bond acceptors (Lipinski definition) is 3. The van der Waals surface area contributed by atoms with E-state index in [4.69, 9.17) is 0 Å². The molecule has 2 aromatic heterocycles. The molecule has 86 valence electrons. The standard InChI is InChI=1S/C12H17N3S/c1-12(2,3)14-7-10-6-13-11(15-10)9-4-5-16-8-9/h4-6,8,14H,7H2,1-3H3,(H,13,15). The molecule has 0 fully saturated rings. The van der Waals surface area contributed by atoms with Crippen LogP contribution in [0.3, 0.4) is 0 Å². The zero-order valence-electron chi connectivity index (χ0n) is 9.87. The monoisotopic (exact) mass is 235 g/mol. The van der Waals surface area contributed by atoms with Crippen LogP contribution in [0.1, 0.15) is 26.5 Å². The van der Waals surface area contributed by atoms with Crippen molar-refractivity contribution in [2.45, 2.75) is 32.9 Å². The lowest BCUT2D eigenvalue weighted by atomic mass is 10.1. The second-order valence-electron chi connectivity index (χ2n) is 4.87. The van der Waals surface area contributed by atoms with Gasteiger partial charge in [-0.1, -0.05) is 0 Å². The maximum Gasteiger partial charge on any atom is 0.138 e. The SMILES string of the molecule is CC(C)(C)NCc1cnc(-c2ccsc2)[nH]1. The summed E-state index contributed by atoms with van der Waals surface area (Å²) >= 11 is 1.69.